The Morgan fingerprint density at radius 3 is 2.11 bits per heavy atom. The van der Waals surface area contributed by atoms with Crippen LogP contribution in [0.4, 0.5) is 0 Å². The fraction of sp³-hybridized carbons (Fsp3) is 1.00. The van der Waals surface area contributed by atoms with Crippen molar-refractivity contribution in [2.24, 2.45) is 11.3 Å². The lowest BCUT2D eigenvalue weighted by molar-refractivity contribution is -0.0744. The quantitative estimate of drug-likeness (QED) is 0.763. The molecule has 112 valence electrons. The van der Waals surface area contributed by atoms with Gasteiger partial charge < -0.3 is 4.74 Å². The van der Waals surface area contributed by atoms with Gasteiger partial charge in [-0.05, 0) is 57.8 Å². The Labute approximate surface area is 119 Å². The van der Waals surface area contributed by atoms with Crippen molar-refractivity contribution < 1.29 is 4.74 Å². The highest BCUT2D eigenvalue weighted by Gasteiger charge is 2.41. The van der Waals surface area contributed by atoms with Crippen LogP contribution in [0, 0.1) is 11.3 Å². The second-order valence-electron chi connectivity index (χ2n) is 8.67. The van der Waals surface area contributed by atoms with Gasteiger partial charge in [0.25, 0.3) is 0 Å². The highest BCUT2D eigenvalue weighted by Crippen LogP contribution is 2.38. The normalized spacial score (nSPS) is 30.6. The van der Waals surface area contributed by atoms with E-state index in [1.807, 2.05) is 0 Å². The van der Waals surface area contributed by atoms with Crippen molar-refractivity contribution in [2.45, 2.75) is 84.9 Å². The molecule has 1 aliphatic heterocycles. The van der Waals surface area contributed by atoms with E-state index in [9.17, 15) is 0 Å². The van der Waals surface area contributed by atoms with Gasteiger partial charge in [-0.3, -0.25) is 4.90 Å². The van der Waals surface area contributed by atoms with E-state index in [1.165, 1.54) is 32.2 Å². The predicted molar refractivity (Wildman–Crippen MR) is 81.4 cm³/mol. The number of rotatable bonds is 3. The van der Waals surface area contributed by atoms with Crippen LogP contribution in [0.1, 0.15) is 67.2 Å². The van der Waals surface area contributed by atoms with Crippen LogP contribution in [0.3, 0.4) is 0 Å². The van der Waals surface area contributed by atoms with E-state index < -0.39 is 0 Å². The van der Waals surface area contributed by atoms with Crippen LogP contribution in [0.15, 0.2) is 0 Å². The molecule has 1 saturated heterocycles. The number of hydrogen-bond acceptors (Lipinski definition) is 2. The molecule has 1 saturated carbocycles. The first kappa shape index (κ1) is 15.3. The summed E-state index contributed by atoms with van der Waals surface area (Å²) in [5, 5.41) is 0. The van der Waals surface area contributed by atoms with E-state index >= 15 is 0 Å². The van der Waals surface area contributed by atoms with Gasteiger partial charge in [-0.2, -0.15) is 0 Å². The van der Waals surface area contributed by atoms with Crippen LogP contribution in [0.2, 0.25) is 0 Å². The molecule has 0 radical (unpaired) electrons. The molecule has 19 heavy (non-hydrogen) atoms. The maximum atomic E-state index is 6.17. The molecular formula is C17H33NO. The Kier molecular flexibility index (Phi) is 4.32. The molecule has 0 spiro atoms. The molecule has 1 aliphatic carbocycles. The minimum Gasteiger partial charge on any atom is -0.378 e. The van der Waals surface area contributed by atoms with Crippen LogP contribution >= 0.6 is 0 Å². The molecule has 2 unspecified atom stereocenters. The van der Waals surface area contributed by atoms with Gasteiger partial charge in [-0.1, -0.05) is 20.8 Å². The van der Waals surface area contributed by atoms with Crippen LogP contribution < -0.4 is 0 Å². The zero-order valence-corrected chi connectivity index (χ0v) is 13.8. The van der Waals surface area contributed by atoms with Crippen LogP contribution in [-0.2, 0) is 4.74 Å². The number of piperidine rings is 1. The minimum atomic E-state index is 0.263. The van der Waals surface area contributed by atoms with Gasteiger partial charge >= 0.3 is 0 Å². The van der Waals surface area contributed by atoms with Gasteiger partial charge in [-0.15, -0.1) is 0 Å². The smallest absolute Gasteiger partial charge is 0.0602 e. The first-order valence-electron chi connectivity index (χ1n) is 8.06. The minimum absolute atomic E-state index is 0.263. The third-order valence-electron chi connectivity index (χ3n) is 4.68. The second kappa shape index (κ2) is 5.37. The third-order valence-corrected chi connectivity index (χ3v) is 4.68. The predicted octanol–water partition coefficient (Wildman–Crippen LogP) is 4.09. The van der Waals surface area contributed by atoms with E-state index in [2.05, 4.69) is 46.4 Å². The van der Waals surface area contributed by atoms with Gasteiger partial charge in [0.05, 0.1) is 6.10 Å². The van der Waals surface area contributed by atoms with Crippen molar-refractivity contribution in [1.82, 2.24) is 4.90 Å². The largest absolute Gasteiger partial charge is 0.378 e. The monoisotopic (exact) mass is 267 g/mol. The first-order chi connectivity index (χ1) is 8.68. The summed E-state index contributed by atoms with van der Waals surface area (Å²) >= 11 is 0. The number of ether oxygens (including phenoxy) is 1. The SMILES string of the molecule is CC(C)(C)C1CC(OCC2CC2)CCN1C(C)(C)C. The van der Waals surface area contributed by atoms with Crippen molar-refractivity contribution in [2.75, 3.05) is 13.2 Å². The average molecular weight is 267 g/mol. The van der Waals surface area contributed by atoms with Gasteiger partial charge in [-0.25, -0.2) is 0 Å². The number of likely N-dealkylation sites (tertiary alicyclic amines) is 1. The summed E-state index contributed by atoms with van der Waals surface area (Å²) in [6.45, 7) is 16.3. The fourth-order valence-corrected chi connectivity index (χ4v) is 3.27. The molecule has 0 aromatic carbocycles. The van der Waals surface area contributed by atoms with E-state index in [0.29, 0.717) is 17.6 Å². The Bertz CT molecular complexity index is 295. The third kappa shape index (κ3) is 4.19. The molecule has 0 bridgehead atoms. The number of nitrogens with zero attached hydrogens (tertiary/aromatic N) is 1. The lowest BCUT2D eigenvalue weighted by Crippen LogP contribution is -2.58. The topological polar surface area (TPSA) is 12.5 Å². The van der Waals surface area contributed by atoms with Crippen LogP contribution in [-0.4, -0.2) is 35.7 Å². The summed E-state index contributed by atoms with van der Waals surface area (Å²) in [4.78, 5) is 2.70. The summed E-state index contributed by atoms with van der Waals surface area (Å²) in [5.41, 5.74) is 0.592. The zero-order chi connectivity index (χ0) is 14.3. The molecule has 0 aromatic rings. The molecule has 0 aromatic heterocycles. The second-order valence-corrected chi connectivity index (χ2v) is 8.67. The molecule has 0 amide bonds. The molecule has 2 heteroatoms. The molecule has 1 heterocycles. The van der Waals surface area contributed by atoms with E-state index in [-0.39, 0.29) is 5.54 Å². The van der Waals surface area contributed by atoms with E-state index in [1.54, 1.807) is 0 Å². The van der Waals surface area contributed by atoms with Crippen molar-refractivity contribution in [3.05, 3.63) is 0 Å². The average Bonchev–Trinajstić information content (AvgIpc) is 3.07. The first-order valence-corrected chi connectivity index (χ1v) is 8.06. The maximum absolute atomic E-state index is 6.17. The van der Waals surface area contributed by atoms with E-state index in [4.69, 9.17) is 4.74 Å². The lowest BCUT2D eigenvalue weighted by Gasteiger charge is -2.51. The van der Waals surface area contributed by atoms with Gasteiger partial charge in [0.2, 0.25) is 0 Å². The van der Waals surface area contributed by atoms with Crippen molar-refractivity contribution in [3.8, 4) is 0 Å². The van der Waals surface area contributed by atoms with Gasteiger partial charge in [0, 0.05) is 24.7 Å². The Hall–Kier alpha value is -0.0800. The summed E-state index contributed by atoms with van der Waals surface area (Å²) in [6.07, 6.45) is 5.68. The highest BCUT2D eigenvalue weighted by molar-refractivity contribution is 4.95. The van der Waals surface area contributed by atoms with E-state index in [0.717, 1.165) is 12.5 Å². The van der Waals surface area contributed by atoms with Crippen molar-refractivity contribution >= 4 is 0 Å². The van der Waals surface area contributed by atoms with Gasteiger partial charge in [0.15, 0.2) is 0 Å². The molecule has 2 fully saturated rings. The highest BCUT2D eigenvalue weighted by atomic mass is 16.5. The molecule has 2 aliphatic rings. The van der Waals surface area contributed by atoms with Crippen molar-refractivity contribution in [3.63, 3.8) is 0 Å². The summed E-state index contributed by atoms with van der Waals surface area (Å²) in [6, 6.07) is 0.630. The maximum Gasteiger partial charge on any atom is 0.0602 e. The Morgan fingerprint density at radius 1 is 1.00 bits per heavy atom. The number of hydrogen-bond donors (Lipinski definition) is 0. The summed E-state index contributed by atoms with van der Waals surface area (Å²) in [7, 11) is 0. The molecule has 0 N–H and O–H groups in total. The Balaban J connectivity index is 1.97. The standard InChI is InChI=1S/C17H33NO/c1-16(2,3)15-11-14(19-12-13-7-8-13)9-10-18(15)17(4,5)6/h13-15H,7-12H2,1-6H3. The summed E-state index contributed by atoms with van der Waals surface area (Å²) < 4.78 is 6.17. The van der Waals surface area contributed by atoms with Crippen LogP contribution in [0.25, 0.3) is 0 Å². The zero-order valence-electron chi connectivity index (χ0n) is 13.8. The van der Waals surface area contributed by atoms with Crippen LogP contribution in [0.5, 0.6) is 0 Å². The van der Waals surface area contributed by atoms with Gasteiger partial charge in [0.1, 0.15) is 0 Å². The fourth-order valence-electron chi connectivity index (χ4n) is 3.27. The Morgan fingerprint density at radius 2 is 1.63 bits per heavy atom. The lowest BCUT2D eigenvalue weighted by atomic mass is 9.77. The molecule has 2 atom stereocenters. The molecular weight excluding hydrogens is 234 g/mol. The molecule has 2 nitrogen and oxygen atoms in total. The molecule has 2 rings (SSSR count). The summed E-state index contributed by atoms with van der Waals surface area (Å²) in [5.74, 6) is 0.883. The van der Waals surface area contributed by atoms with Crippen molar-refractivity contribution in [1.29, 1.82) is 0 Å².